The van der Waals surface area contributed by atoms with E-state index in [9.17, 15) is 9.59 Å². The van der Waals surface area contributed by atoms with Gasteiger partial charge in [-0.2, -0.15) is 0 Å². The molecule has 25 heavy (non-hydrogen) atoms. The zero-order valence-corrected chi connectivity index (χ0v) is 15.1. The van der Waals surface area contributed by atoms with E-state index < -0.39 is 5.41 Å². The molecule has 0 aliphatic heterocycles. The summed E-state index contributed by atoms with van der Waals surface area (Å²) < 4.78 is 10.6. The Labute approximate surface area is 148 Å². The average Bonchev–Trinajstić information content (AvgIpc) is 3.40. The third-order valence-electron chi connectivity index (χ3n) is 4.18. The van der Waals surface area contributed by atoms with E-state index in [4.69, 9.17) is 9.47 Å². The summed E-state index contributed by atoms with van der Waals surface area (Å²) in [5.41, 5.74) is -0.883. The van der Waals surface area contributed by atoms with Crippen molar-refractivity contribution in [1.29, 1.82) is 0 Å². The molecule has 2 rings (SSSR count). The predicted molar refractivity (Wildman–Crippen MR) is 94.7 cm³/mol. The molecular formula is C18H27N3O4. The fraction of sp³-hybridized carbons (Fsp3) is 0.556. The number of rotatable bonds is 10. The summed E-state index contributed by atoms with van der Waals surface area (Å²) in [6.45, 7) is 1.99. The van der Waals surface area contributed by atoms with Crippen molar-refractivity contribution < 1.29 is 19.1 Å². The van der Waals surface area contributed by atoms with Gasteiger partial charge >= 0.3 is 0 Å². The van der Waals surface area contributed by atoms with Crippen molar-refractivity contribution in [3.63, 3.8) is 0 Å². The zero-order valence-electron chi connectivity index (χ0n) is 15.1. The van der Waals surface area contributed by atoms with Gasteiger partial charge in [0.15, 0.2) is 0 Å². The van der Waals surface area contributed by atoms with E-state index in [1.807, 2.05) is 31.1 Å². The molecule has 0 unspecified atom stereocenters. The Balaban J connectivity index is 1.69. The molecule has 1 aliphatic rings. The predicted octanol–water partition coefficient (Wildman–Crippen LogP) is 0.648. The molecule has 0 aromatic heterocycles. The van der Waals surface area contributed by atoms with Crippen LogP contribution in [0.3, 0.4) is 0 Å². The van der Waals surface area contributed by atoms with Crippen LogP contribution >= 0.6 is 0 Å². The van der Waals surface area contributed by atoms with Gasteiger partial charge in [-0.1, -0.05) is 0 Å². The molecule has 0 atom stereocenters. The number of amides is 2. The molecule has 0 spiro atoms. The number of likely N-dealkylation sites (N-methyl/N-ethyl adjacent to an activating group) is 1. The molecule has 2 amide bonds. The summed E-state index contributed by atoms with van der Waals surface area (Å²) in [5, 5.41) is 5.64. The van der Waals surface area contributed by atoms with Gasteiger partial charge in [-0.25, -0.2) is 0 Å². The Morgan fingerprint density at radius 1 is 1.04 bits per heavy atom. The van der Waals surface area contributed by atoms with Crippen LogP contribution in [0.15, 0.2) is 24.3 Å². The quantitative estimate of drug-likeness (QED) is 0.479. The van der Waals surface area contributed by atoms with Crippen LogP contribution < -0.4 is 20.1 Å². The number of nitrogens with one attached hydrogen (secondary N) is 2. The van der Waals surface area contributed by atoms with Crippen LogP contribution in [0.25, 0.3) is 0 Å². The van der Waals surface area contributed by atoms with Gasteiger partial charge in [0.05, 0.1) is 13.7 Å². The molecule has 138 valence electrons. The number of methoxy groups -OCH3 is 1. The zero-order chi connectivity index (χ0) is 18.3. The first-order valence-corrected chi connectivity index (χ1v) is 8.46. The van der Waals surface area contributed by atoms with Crippen LogP contribution in [0.2, 0.25) is 0 Å². The molecule has 7 heteroatoms. The first kappa shape index (κ1) is 19.1. The minimum absolute atomic E-state index is 0.178. The number of carbonyl (C=O) groups is 2. The minimum atomic E-state index is -0.883. The van der Waals surface area contributed by atoms with Crippen LogP contribution in [0.4, 0.5) is 0 Å². The number of nitrogens with zero attached hydrogens (tertiary/aromatic N) is 1. The van der Waals surface area contributed by atoms with Gasteiger partial charge < -0.3 is 25.0 Å². The second-order valence-electron chi connectivity index (χ2n) is 6.42. The fourth-order valence-electron chi connectivity index (χ4n) is 2.42. The van der Waals surface area contributed by atoms with Gasteiger partial charge in [0.25, 0.3) is 0 Å². The van der Waals surface area contributed by atoms with Crippen LogP contribution in [-0.2, 0) is 9.59 Å². The van der Waals surface area contributed by atoms with E-state index in [-0.39, 0.29) is 11.8 Å². The third-order valence-corrected chi connectivity index (χ3v) is 4.18. The molecule has 1 aliphatic carbocycles. The van der Waals surface area contributed by atoms with Crippen molar-refractivity contribution in [2.75, 3.05) is 47.4 Å². The standard InChI is InChI=1S/C18H27N3O4/c1-21(2)12-10-19-16(22)18(8-9-18)17(23)20-11-13-25-15-6-4-14(24-3)5-7-15/h4-7H,8-13H2,1-3H3,(H,19,22)(H,20,23). The van der Waals surface area contributed by atoms with E-state index in [0.29, 0.717) is 38.3 Å². The topological polar surface area (TPSA) is 79.9 Å². The largest absolute Gasteiger partial charge is 0.497 e. The summed E-state index contributed by atoms with van der Waals surface area (Å²) >= 11 is 0. The smallest absolute Gasteiger partial charge is 0.235 e. The third kappa shape index (κ3) is 5.35. The maximum Gasteiger partial charge on any atom is 0.235 e. The van der Waals surface area contributed by atoms with Crippen molar-refractivity contribution in [2.24, 2.45) is 5.41 Å². The molecule has 0 bridgehead atoms. The Kier molecular flexibility index (Phi) is 6.64. The summed E-state index contributed by atoms with van der Waals surface area (Å²) in [7, 11) is 5.49. The molecular weight excluding hydrogens is 322 g/mol. The van der Waals surface area contributed by atoms with E-state index in [1.54, 1.807) is 19.2 Å². The van der Waals surface area contributed by atoms with Crippen LogP contribution in [0.5, 0.6) is 11.5 Å². The molecule has 0 heterocycles. The Bertz CT molecular complexity index is 582. The maximum absolute atomic E-state index is 12.3. The molecule has 2 N–H and O–H groups in total. The molecule has 1 aromatic rings. The van der Waals surface area contributed by atoms with Gasteiger partial charge in [0.1, 0.15) is 23.5 Å². The molecule has 0 saturated heterocycles. The van der Waals surface area contributed by atoms with Crippen molar-refractivity contribution in [3.8, 4) is 11.5 Å². The summed E-state index contributed by atoms with van der Waals surface area (Å²) in [4.78, 5) is 26.5. The molecule has 7 nitrogen and oxygen atoms in total. The highest BCUT2D eigenvalue weighted by Crippen LogP contribution is 2.46. The lowest BCUT2D eigenvalue weighted by atomic mass is 10.1. The Morgan fingerprint density at radius 2 is 1.60 bits per heavy atom. The van der Waals surface area contributed by atoms with Gasteiger partial charge in [-0.3, -0.25) is 9.59 Å². The lowest BCUT2D eigenvalue weighted by Gasteiger charge is -2.17. The normalized spacial score (nSPS) is 14.7. The van der Waals surface area contributed by atoms with E-state index in [2.05, 4.69) is 10.6 Å². The van der Waals surface area contributed by atoms with Crippen molar-refractivity contribution in [2.45, 2.75) is 12.8 Å². The van der Waals surface area contributed by atoms with E-state index >= 15 is 0 Å². The number of ether oxygens (including phenoxy) is 2. The molecule has 0 radical (unpaired) electrons. The van der Waals surface area contributed by atoms with Crippen LogP contribution in [0, 0.1) is 5.41 Å². The summed E-state index contributed by atoms with van der Waals surface area (Å²) in [5.74, 6) is 1.07. The molecule has 1 fully saturated rings. The maximum atomic E-state index is 12.3. The lowest BCUT2D eigenvalue weighted by Crippen LogP contribution is -2.45. The second kappa shape index (κ2) is 8.71. The highest BCUT2D eigenvalue weighted by Gasteiger charge is 2.56. The van der Waals surface area contributed by atoms with Crippen molar-refractivity contribution >= 4 is 11.8 Å². The number of benzene rings is 1. The Morgan fingerprint density at radius 3 is 2.12 bits per heavy atom. The monoisotopic (exact) mass is 349 g/mol. The van der Waals surface area contributed by atoms with Gasteiger partial charge in [0.2, 0.25) is 11.8 Å². The number of hydrogen-bond donors (Lipinski definition) is 2. The Hall–Kier alpha value is -2.28. The van der Waals surface area contributed by atoms with Crippen molar-refractivity contribution in [1.82, 2.24) is 15.5 Å². The molecule has 1 aromatic carbocycles. The second-order valence-corrected chi connectivity index (χ2v) is 6.42. The average molecular weight is 349 g/mol. The first-order chi connectivity index (χ1) is 12.0. The fourth-order valence-corrected chi connectivity index (χ4v) is 2.42. The lowest BCUT2D eigenvalue weighted by molar-refractivity contribution is -0.137. The minimum Gasteiger partial charge on any atom is -0.497 e. The van der Waals surface area contributed by atoms with Gasteiger partial charge in [-0.05, 0) is 51.2 Å². The van der Waals surface area contributed by atoms with E-state index in [0.717, 1.165) is 12.3 Å². The summed E-state index contributed by atoms with van der Waals surface area (Å²) in [6, 6.07) is 7.23. The number of carbonyl (C=O) groups excluding carboxylic acids is 2. The van der Waals surface area contributed by atoms with Crippen molar-refractivity contribution in [3.05, 3.63) is 24.3 Å². The van der Waals surface area contributed by atoms with Gasteiger partial charge in [-0.15, -0.1) is 0 Å². The van der Waals surface area contributed by atoms with Crippen LogP contribution in [0.1, 0.15) is 12.8 Å². The highest BCUT2D eigenvalue weighted by atomic mass is 16.5. The molecule has 1 saturated carbocycles. The van der Waals surface area contributed by atoms with Gasteiger partial charge in [0, 0.05) is 13.1 Å². The van der Waals surface area contributed by atoms with Crippen LogP contribution in [-0.4, -0.2) is 64.2 Å². The number of hydrogen-bond acceptors (Lipinski definition) is 5. The first-order valence-electron chi connectivity index (χ1n) is 8.46. The SMILES string of the molecule is COc1ccc(OCCNC(=O)C2(C(=O)NCCN(C)C)CC2)cc1. The highest BCUT2D eigenvalue weighted by molar-refractivity contribution is 6.07. The van der Waals surface area contributed by atoms with E-state index in [1.165, 1.54) is 0 Å². The summed E-state index contributed by atoms with van der Waals surface area (Å²) in [6.07, 6.45) is 1.21.